The van der Waals surface area contributed by atoms with Crippen molar-refractivity contribution in [3.8, 4) is 0 Å². The highest BCUT2D eigenvalue weighted by atomic mass is 79.9. The van der Waals surface area contributed by atoms with Crippen molar-refractivity contribution >= 4 is 22.0 Å². The molecule has 0 aliphatic carbocycles. The van der Waals surface area contributed by atoms with E-state index in [1.807, 2.05) is 30.3 Å². The molecule has 0 spiro atoms. The van der Waals surface area contributed by atoms with E-state index in [2.05, 4.69) is 20.9 Å². The van der Waals surface area contributed by atoms with Crippen LogP contribution >= 0.6 is 15.9 Å². The fraction of sp³-hybridized carbons (Fsp3) is 0.222. The van der Waals surface area contributed by atoms with Crippen LogP contribution in [0.1, 0.15) is 12.5 Å². The molecule has 0 N–H and O–H groups in total. The predicted molar refractivity (Wildman–Crippen MR) is 50.8 cm³/mol. The van der Waals surface area contributed by atoms with Gasteiger partial charge in [-0.2, -0.15) is 4.99 Å². The Morgan fingerprint density at radius 1 is 1.42 bits per heavy atom. The number of rotatable bonds is 2. The first-order valence-corrected chi connectivity index (χ1v) is 4.29. The van der Waals surface area contributed by atoms with E-state index in [0.717, 1.165) is 5.56 Å². The van der Waals surface area contributed by atoms with Crippen LogP contribution in [0.2, 0.25) is 0 Å². The molecule has 0 aromatic heterocycles. The monoisotopic (exact) mass is 225 g/mol. The zero-order valence-corrected chi connectivity index (χ0v) is 8.21. The van der Waals surface area contributed by atoms with Gasteiger partial charge in [-0.15, -0.1) is 0 Å². The Kier molecular flexibility index (Phi) is 2.79. The van der Waals surface area contributed by atoms with Crippen molar-refractivity contribution in [1.82, 2.24) is 0 Å². The molecule has 0 bridgehead atoms. The molecule has 1 unspecified atom stereocenters. The highest BCUT2D eigenvalue weighted by molar-refractivity contribution is 9.09. The second-order valence-corrected chi connectivity index (χ2v) is 4.07. The lowest BCUT2D eigenvalue weighted by atomic mass is 10.1. The molecule has 0 radical (unpaired) electrons. The molecule has 2 nitrogen and oxygen atoms in total. The van der Waals surface area contributed by atoms with Gasteiger partial charge in [-0.05, 0) is 12.5 Å². The highest BCUT2D eigenvalue weighted by Crippen LogP contribution is 2.31. The number of hydrogen-bond donors (Lipinski definition) is 0. The standard InChI is InChI=1S/C9H8BrNO/c1-9(10,11-7-12)8-5-3-2-4-6-8/h2-6H,1H3. The first-order valence-electron chi connectivity index (χ1n) is 3.50. The smallest absolute Gasteiger partial charge is 0.211 e. The van der Waals surface area contributed by atoms with Gasteiger partial charge in [0.1, 0.15) is 4.45 Å². The first-order chi connectivity index (χ1) is 5.67. The highest BCUT2D eigenvalue weighted by Gasteiger charge is 2.20. The van der Waals surface area contributed by atoms with Crippen LogP contribution in [-0.2, 0) is 9.24 Å². The van der Waals surface area contributed by atoms with Crippen molar-refractivity contribution < 1.29 is 4.79 Å². The largest absolute Gasteiger partial charge is 0.236 e. The minimum absolute atomic E-state index is 0.643. The summed E-state index contributed by atoms with van der Waals surface area (Å²) in [5, 5.41) is 0. The molecule has 1 atom stereocenters. The fourth-order valence-corrected chi connectivity index (χ4v) is 1.23. The van der Waals surface area contributed by atoms with E-state index in [-0.39, 0.29) is 0 Å². The zero-order chi connectivity index (χ0) is 9.03. The minimum Gasteiger partial charge on any atom is -0.211 e. The van der Waals surface area contributed by atoms with Crippen molar-refractivity contribution in [3.63, 3.8) is 0 Å². The van der Waals surface area contributed by atoms with Crippen molar-refractivity contribution in [2.75, 3.05) is 0 Å². The number of aliphatic imine (C=N–C) groups is 1. The third-order valence-electron chi connectivity index (χ3n) is 1.56. The van der Waals surface area contributed by atoms with Crippen LogP contribution in [0.15, 0.2) is 35.3 Å². The molecule has 0 fully saturated rings. The third kappa shape index (κ3) is 2.03. The van der Waals surface area contributed by atoms with Crippen LogP contribution in [0.4, 0.5) is 0 Å². The predicted octanol–water partition coefficient (Wildman–Crippen LogP) is 2.59. The number of isocyanates is 1. The molecule has 0 saturated heterocycles. The molecule has 1 rings (SSSR count). The van der Waals surface area contributed by atoms with E-state index in [1.165, 1.54) is 6.08 Å². The lowest BCUT2D eigenvalue weighted by Crippen LogP contribution is -2.08. The van der Waals surface area contributed by atoms with E-state index in [4.69, 9.17) is 0 Å². The van der Waals surface area contributed by atoms with Gasteiger partial charge in [0.15, 0.2) is 0 Å². The molecule has 1 aromatic carbocycles. The SMILES string of the molecule is CC(Br)(N=C=O)c1ccccc1. The van der Waals surface area contributed by atoms with Crippen LogP contribution in [0.25, 0.3) is 0 Å². The third-order valence-corrected chi connectivity index (χ3v) is 2.19. The number of hydrogen-bond acceptors (Lipinski definition) is 2. The Morgan fingerprint density at radius 3 is 2.50 bits per heavy atom. The number of halogens is 1. The molecule has 0 aliphatic heterocycles. The Labute approximate surface area is 79.5 Å². The summed E-state index contributed by atoms with van der Waals surface area (Å²) in [6.45, 7) is 1.80. The summed E-state index contributed by atoms with van der Waals surface area (Å²) in [6.07, 6.45) is 1.53. The van der Waals surface area contributed by atoms with Crippen LogP contribution in [0.5, 0.6) is 0 Å². The molecule has 0 saturated carbocycles. The van der Waals surface area contributed by atoms with Crippen molar-refractivity contribution in [3.05, 3.63) is 35.9 Å². The molecule has 0 heterocycles. The fourth-order valence-electron chi connectivity index (χ4n) is 0.893. The molecular formula is C9H8BrNO. The van der Waals surface area contributed by atoms with E-state index < -0.39 is 4.45 Å². The quantitative estimate of drug-likeness (QED) is 0.330. The molecule has 1 aromatic rings. The zero-order valence-electron chi connectivity index (χ0n) is 6.62. The van der Waals surface area contributed by atoms with Gasteiger partial charge < -0.3 is 0 Å². The number of benzene rings is 1. The molecule has 62 valence electrons. The molecule has 12 heavy (non-hydrogen) atoms. The van der Waals surface area contributed by atoms with Crippen LogP contribution in [-0.4, -0.2) is 6.08 Å². The number of carbonyl (C=O) groups excluding carboxylic acids is 1. The van der Waals surface area contributed by atoms with Gasteiger partial charge in [0.05, 0.1) is 0 Å². The van der Waals surface area contributed by atoms with E-state index in [9.17, 15) is 4.79 Å². The normalized spacial score (nSPS) is 14.5. The molecule has 3 heteroatoms. The average molecular weight is 226 g/mol. The second-order valence-electron chi connectivity index (χ2n) is 2.52. The van der Waals surface area contributed by atoms with Crippen molar-refractivity contribution in [2.45, 2.75) is 11.4 Å². The lowest BCUT2D eigenvalue weighted by molar-refractivity contribution is 0.557. The minimum atomic E-state index is -0.643. The van der Waals surface area contributed by atoms with Gasteiger partial charge in [-0.3, -0.25) is 0 Å². The average Bonchev–Trinajstić information content (AvgIpc) is 2.06. The Balaban J connectivity index is 3.05. The number of nitrogens with zero attached hydrogens (tertiary/aromatic N) is 1. The maximum Gasteiger partial charge on any atom is 0.236 e. The van der Waals surface area contributed by atoms with Crippen LogP contribution < -0.4 is 0 Å². The van der Waals surface area contributed by atoms with Gasteiger partial charge in [-0.1, -0.05) is 46.3 Å². The molecule has 0 aliphatic rings. The Hall–Kier alpha value is -0.920. The van der Waals surface area contributed by atoms with Crippen molar-refractivity contribution in [2.24, 2.45) is 4.99 Å². The van der Waals surface area contributed by atoms with Crippen LogP contribution in [0.3, 0.4) is 0 Å². The summed E-state index contributed by atoms with van der Waals surface area (Å²) < 4.78 is -0.643. The summed E-state index contributed by atoms with van der Waals surface area (Å²) in [5.74, 6) is 0. The van der Waals surface area contributed by atoms with Gasteiger partial charge >= 0.3 is 0 Å². The maximum absolute atomic E-state index is 10.1. The molecule has 0 amide bonds. The van der Waals surface area contributed by atoms with E-state index in [0.29, 0.717) is 0 Å². The summed E-state index contributed by atoms with van der Waals surface area (Å²) in [6, 6.07) is 9.51. The van der Waals surface area contributed by atoms with E-state index >= 15 is 0 Å². The van der Waals surface area contributed by atoms with Gasteiger partial charge in [0.25, 0.3) is 0 Å². The summed E-state index contributed by atoms with van der Waals surface area (Å²) in [4.78, 5) is 13.7. The van der Waals surface area contributed by atoms with Crippen molar-refractivity contribution in [1.29, 1.82) is 0 Å². The lowest BCUT2D eigenvalue weighted by Gasteiger charge is -2.14. The topological polar surface area (TPSA) is 29.4 Å². The maximum atomic E-state index is 10.1. The van der Waals surface area contributed by atoms with Gasteiger partial charge in [-0.25, -0.2) is 4.79 Å². The van der Waals surface area contributed by atoms with E-state index in [1.54, 1.807) is 6.92 Å². The Morgan fingerprint density at radius 2 is 2.00 bits per heavy atom. The van der Waals surface area contributed by atoms with Gasteiger partial charge in [0, 0.05) is 0 Å². The summed E-state index contributed by atoms with van der Waals surface area (Å²) in [7, 11) is 0. The number of alkyl halides is 1. The Bertz CT molecular complexity index is 302. The summed E-state index contributed by atoms with van der Waals surface area (Å²) >= 11 is 3.32. The second kappa shape index (κ2) is 3.65. The van der Waals surface area contributed by atoms with Crippen LogP contribution in [0, 0.1) is 0 Å². The molecular weight excluding hydrogens is 218 g/mol. The first kappa shape index (κ1) is 9.17. The summed E-state index contributed by atoms with van der Waals surface area (Å²) in [5.41, 5.74) is 0.938. The van der Waals surface area contributed by atoms with Gasteiger partial charge in [0.2, 0.25) is 6.08 Å².